The molecule has 8 heteroatoms. The highest BCUT2D eigenvalue weighted by Crippen LogP contribution is 2.30. The molecule has 1 saturated heterocycles. The van der Waals surface area contributed by atoms with E-state index < -0.39 is 22.3 Å². The third kappa shape index (κ3) is 2.33. The van der Waals surface area contributed by atoms with Crippen LogP contribution in [-0.4, -0.2) is 21.1 Å². The zero-order chi connectivity index (χ0) is 13.3. The van der Waals surface area contributed by atoms with E-state index in [0.29, 0.717) is 5.56 Å². The molecule has 1 amide bonds. The second-order valence-corrected chi connectivity index (χ2v) is 4.45. The molecule has 1 aliphatic rings. The number of nitrogens with zero attached hydrogens (tertiary/aromatic N) is 1. The van der Waals surface area contributed by atoms with Gasteiger partial charge in [0.1, 0.15) is 0 Å². The summed E-state index contributed by atoms with van der Waals surface area (Å²) in [6, 6.07) is 3.80. The molecule has 0 radical (unpaired) electrons. The topological polar surface area (TPSA) is 116 Å². The molecule has 2 rings (SSSR count). The number of hydrogen-bond donors (Lipinski definition) is 3. The molecule has 3 N–H and O–H groups in total. The van der Waals surface area contributed by atoms with E-state index >= 15 is 0 Å². The Labute approximate surface area is 105 Å². The van der Waals surface area contributed by atoms with Crippen LogP contribution in [0.25, 0.3) is 6.08 Å². The van der Waals surface area contributed by atoms with Crippen molar-refractivity contribution in [1.29, 1.82) is 5.41 Å². The van der Waals surface area contributed by atoms with Gasteiger partial charge in [0.05, 0.1) is 9.83 Å². The molecule has 0 bridgehead atoms. The van der Waals surface area contributed by atoms with Gasteiger partial charge < -0.3 is 10.4 Å². The van der Waals surface area contributed by atoms with E-state index in [4.69, 9.17) is 5.41 Å². The molecule has 0 saturated carbocycles. The lowest BCUT2D eigenvalue weighted by molar-refractivity contribution is -0.385. The summed E-state index contributed by atoms with van der Waals surface area (Å²) in [5, 5.41) is 29.5. The van der Waals surface area contributed by atoms with Crippen LogP contribution < -0.4 is 5.32 Å². The summed E-state index contributed by atoms with van der Waals surface area (Å²) in [7, 11) is 0. The molecule has 7 nitrogen and oxygen atoms in total. The van der Waals surface area contributed by atoms with E-state index in [2.05, 4.69) is 5.32 Å². The van der Waals surface area contributed by atoms with Gasteiger partial charge in [-0.25, -0.2) is 0 Å². The van der Waals surface area contributed by atoms with Gasteiger partial charge in [-0.15, -0.1) is 0 Å². The predicted molar refractivity (Wildman–Crippen MR) is 66.2 cm³/mol. The summed E-state index contributed by atoms with van der Waals surface area (Å²) in [5.41, 5.74) is -0.0188. The molecule has 0 atom stereocenters. The largest absolute Gasteiger partial charge is 0.502 e. The van der Waals surface area contributed by atoms with Crippen molar-refractivity contribution in [2.45, 2.75) is 0 Å². The van der Waals surface area contributed by atoms with E-state index in [9.17, 15) is 20.0 Å². The van der Waals surface area contributed by atoms with Gasteiger partial charge in [-0.2, -0.15) is 0 Å². The first-order valence-corrected chi connectivity index (χ1v) is 5.56. The lowest BCUT2D eigenvalue weighted by Crippen LogP contribution is -2.18. The van der Waals surface area contributed by atoms with Crippen molar-refractivity contribution >= 4 is 34.6 Å². The van der Waals surface area contributed by atoms with Crippen LogP contribution in [0.5, 0.6) is 5.75 Å². The van der Waals surface area contributed by atoms with Gasteiger partial charge in [0.15, 0.2) is 10.9 Å². The molecule has 18 heavy (non-hydrogen) atoms. The number of amidine groups is 1. The van der Waals surface area contributed by atoms with Crippen molar-refractivity contribution in [2.24, 2.45) is 0 Å². The van der Waals surface area contributed by atoms with Crippen LogP contribution in [0.1, 0.15) is 5.56 Å². The molecule has 1 heterocycles. The molecular formula is C10H7N3O4S. The Morgan fingerprint density at radius 3 is 2.78 bits per heavy atom. The molecule has 0 aliphatic carbocycles. The first-order chi connectivity index (χ1) is 8.47. The zero-order valence-electron chi connectivity index (χ0n) is 8.84. The Balaban J connectivity index is 2.38. The summed E-state index contributed by atoms with van der Waals surface area (Å²) in [6.07, 6.45) is 1.42. The van der Waals surface area contributed by atoms with Gasteiger partial charge in [-0.05, 0) is 29.5 Å². The lowest BCUT2D eigenvalue weighted by atomic mass is 10.1. The third-order valence-corrected chi connectivity index (χ3v) is 2.99. The van der Waals surface area contributed by atoms with Crippen LogP contribution in [0.15, 0.2) is 23.1 Å². The van der Waals surface area contributed by atoms with Crippen molar-refractivity contribution in [3.8, 4) is 5.75 Å². The summed E-state index contributed by atoms with van der Waals surface area (Å²) in [6.45, 7) is 0. The Morgan fingerprint density at radius 2 is 2.22 bits per heavy atom. The maximum Gasteiger partial charge on any atom is 0.311 e. The molecule has 1 fully saturated rings. The number of thioether (sulfide) groups is 1. The summed E-state index contributed by atoms with van der Waals surface area (Å²) >= 11 is 0.938. The van der Waals surface area contributed by atoms with Crippen molar-refractivity contribution in [3.63, 3.8) is 0 Å². The van der Waals surface area contributed by atoms with E-state index in [1.807, 2.05) is 0 Å². The third-order valence-electron chi connectivity index (χ3n) is 2.16. The van der Waals surface area contributed by atoms with Gasteiger partial charge in [0.2, 0.25) is 0 Å². The van der Waals surface area contributed by atoms with Crippen LogP contribution in [0, 0.1) is 15.5 Å². The smallest absolute Gasteiger partial charge is 0.311 e. The summed E-state index contributed by atoms with van der Waals surface area (Å²) in [5.74, 6) is -0.848. The Kier molecular flexibility index (Phi) is 3.02. The number of hydrogen-bond acceptors (Lipinski definition) is 6. The number of amides is 1. The van der Waals surface area contributed by atoms with Crippen LogP contribution in [0.2, 0.25) is 0 Å². The maximum atomic E-state index is 11.4. The number of rotatable bonds is 2. The van der Waals surface area contributed by atoms with E-state index in [1.54, 1.807) is 0 Å². The van der Waals surface area contributed by atoms with Gasteiger partial charge >= 0.3 is 5.69 Å². The number of carbonyl (C=O) groups excluding carboxylic acids is 1. The lowest BCUT2D eigenvalue weighted by Gasteiger charge is -1.98. The number of benzene rings is 1. The standard InChI is InChI=1S/C10H7N3O4S/c11-10-12-9(15)8(18-10)4-5-1-2-7(14)6(3-5)13(16)17/h1-4,14H,(H2,11,12,15)/b8-4-. The minimum atomic E-state index is -0.707. The molecule has 0 unspecified atom stereocenters. The maximum absolute atomic E-state index is 11.4. The summed E-state index contributed by atoms with van der Waals surface area (Å²) < 4.78 is 0. The highest BCUT2D eigenvalue weighted by Gasteiger charge is 2.22. The van der Waals surface area contributed by atoms with Crippen LogP contribution in [-0.2, 0) is 4.79 Å². The van der Waals surface area contributed by atoms with Crippen LogP contribution >= 0.6 is 11.8 Å². The molecule has 0 spiro atoms. The number of phenols is 1. The SMILES string of the molecule is N=C1NC(=O)/C(=C/c2ccc(O)c([N+](=O)[O-])c2)S1. The van der Waals surface area contributed by atoms with Crippen molar-refractivity contribution in [3.05, 3.63) is 38.8 Å². The quantitative estimate of drug-likeness (QED) is 0.425. The Morgan fingerprint density at radius 1 is 1.50 bits per heavy atom. The highest BCUT2D eigenvalue weighted by atomic mass is 32.2. The number of nitro benzene ring substituents is 1. The molecule has 92 valence electrons. The number of nitrogens with one attached hydrogen (secondary N) is 2. The van der Waals surface area contributed by atoms with Crippen molar-refractivity contribution in [2.75, 3.05) is 0 Å². The van der Waals surface area contributed by atoms with E-state index in [-0.39, 0.29) is 10.1 Å². The first kappa shape index (κ1) is 12.1. The Bertz CT molecular complexity index is 597. The molecular weight excluding hydrogens is 258 g/mol. The van der Waals surface area contributed by atoms with Gasteiger partial charge in [-0.1, -0.05) is 6.07 Å². The average Bonchev–Trinajstić information content (AvgIpc) is 2.60. The first-order valence-electron chi connectivity index (χ1n) is 4.74. The van der Waals surface area contributed by atoms with E-state index in [0.717, 1.165) is 17.8 Å². The minimum Gasteiger partial charge on any atom is -0.502 e. The van der Waals surface area contributed by atoms with Crippen molar-refractivity contribution in [1.82, 2.24) is 5.32 Å². The second kappa shape index (κ2) is 4.49. The predicted octanol–water partition coefficient (Wildman–Crippen LogP) is 1.44. The number of carbonyl (C=O) groups is 1. The second-order valence-electron chi connectivity index (χ2n) is 3.40. The summed E-state index contributed by atoms with van der Waals surface area (Å²) in [4.78, 5) is 21.6. The fraction of sp³-hybridized carbons (Fsp3) is 0. The molecule has 0 aromatic heterocycles. The molecule has 1 aliphatic heterocycles. The van der Waals surface area contributed by atoms with Gasteiger partial charge in [-0.3, -0.25) is 20.3 Å². The highest BCUT2D eigenvalue weighted by molar-refractivity contribution is 8.18. The normalized spacial score (nSPS) is 17.0. The fourth-order valence-corrected chi connectivity index (χ4v) is 2.07. The zero-order valence-corrected chi connectivity index (χ0v) is 9.65. The fourth-order valence-electron chi connectivity index (χ4n) is 1.37. The van der Waals surface area contributed by atoms with E-state index in [1.165, 1.54) is 18.2 Å². The number of aromatic hydroxyl groups is 1. The number of nitro groups is 1. The monoisotopic (exact) mass is 265 g/mol. The van der Waals surface area contributed by atoms with Crippen LogP contribution in [0.3, 0.4) is 0 Å². The minimum absolute atomic E-state index is 0.0135. The Hall–Kier alpha value is -2.35. The average molecular weight is 265 g/mol. The molecule has 1 aromatic carbocycles. The number of phenolic OH excluding ortho intramolecular Hbond substituents is 1. The molecule has 1 aromatic rings. The van der Waals surface area contributed by atoms with Crippen LogP contribution in [0.4, 0.5) is 5.69 Å². The van der Waals surface area contributed by atoms with Gasteiger partial charge in [0, 0.05) is 6.07 Å². The van der Waals surface area contributed by atoms with Gasteiger partial charge in [0.25, 0.3) is 5.91 Å². The van der Waals surface area contributed by atoms with Crippen molar-refractivity contribution < 1.29 is 14.8 Å².